The molecule has 1 aliphatic carbocycles. The third-order valence-electron chi connectivity index (χ3n) is 7.37. The molecular formula is C26H29ClN4O4. The summed E-state index contributed by atoms with van der Waals surface area (Å²) in [4.78, 5) is 21.7. The number of esters is 1. The van der Waals surface area contributed by atoms with Crippen LogP contribution in [0.2, 0.25) is 5.02 Å². The average Bonchev–Trinajstić information content (AvgIpc) is 3.51. The zero-order valence-corrected chi connectivity index (χ0v) is 20.5. The average molecular weight is 497 g/mol. The van der Waals surface area contributed by atoms with Crippen molar-refractivity contribution in [3.05, 3.63) is 63.9 Å². The van der Waals surface area contributed by atoms with E-state index < -0.39 is 11.6 Å². The van der Waals surface area contributed by atoms with Crippen molar-refractivity contribution in [2.45, 2.75) is 70.3 Å². The van der Waals surface area contributed by atoms with Gasteiger partial charge in [0.25, 0.3) is 5.78 Å². The highest BCUT2D eigenvalue weighted by Crippen LogP contribution is 2.46. The smallest absolute Gasteiger partial charge is 0.338 e. The molecule has 0 saturated heterocycles. The third kappa shape index (κ3) is 4.72. The van der Waals surface area contributed by atoms with Crippen molar-refractivity contribution in [3.63, 3.8) is 0 Å². The lowest BCUT2D eigenvalue weighted by atomic mass is 9.76. The van der Waals surface area contributed by atoms with Gasteiger partial charge < -0.3 is 14.9 Å². The van der Waals surface area contributed by atoms with Crippen molar-refractivity contribution in [2.75, 3.05) is 0 Å². The molecule has 0 bridgehead atoms. The van der Waals surface area contributed by atoms with E-state index in [4.69, 9.17) is 16.3 Å². The summed E-state index contributed by atoms with van der Waals surface area (Å²) in [7, 11) is 0. The molecule has 5 rings (SSSR count). The number of hydrogen-bond donors (Lipinski definition) is 2. The van der Waals surface area contributed by atoms with E-state index in [1.165, 1.54) is 10.7 Å². The molecule has 1 unspecified atom stereocenters. The van der Waals surface area contributed by atoms with Crippen LogP contribution in [0.1, 0.15) is 62.4 Å². The van der Waals surface area contributed by atoms with Gasteiger partial charge in [0, 0.05) is 12.8 Å². The lowest BCUT2D eigenvalue weighted by Gasteiger charge is -2.41. The van der Waals surface area contributed by atoms with Gasteiger partial charge in [-0.1, -0.05) is 43.5 Å². The van der Waals surface area contributed by atoms with Crippen LogP contribution in [0, 0.1) is 5.92 Å². The fourth-order valence-corrected chi connectivity index (χ4v) is 5.57. The number of carbonyl (C=O) groups is 1. The third-order valence-corrected chi connectivity index (χ3v) is 7.56. The molecule has 1 atom stereocenters. The number of phenols is 1. The van der Waals surface area contributed by atoms with Crippen LogP contribution >= 0.6 is 11.6 Å². The Morgan fingerprint density at radius 3 is 2.80 bits per heavy atom. The SMILES string of the molecule is CCc1ccc(O)c(CCC2(C3CCCC3)CC(O)=C(Cc3nc4ncc(Cl)cn4n3)C(=O)O2)c1. The maximum absolute atomic E-state index is 13.2. The highest BCUT2D eigenvalue weighted by atomic mass is 35.5. The lowest BCUT2D eigenvalue weighted by Crippen LogP contribution is -2.46. The van der Waals surface area contributed by atoms with Gasteiger partial charge in [0.15, 0.2) is 5.82 Å². The van der Waals surface area contributed by atoms with Crippen molar-refractivity contribution in [1.82, 2.24) is 19.6 Å². The Morgan fingerprint density at radius 1 is 1.26 bits per heavy atom. The van der Waals surface area contributed by atoms with Crippen molar-refractivity contribution in [1.29, 1.82) is 0 Å². The van der Waals surface area contributed by atoms with Crippen LogP contribution in [-0.4, -0.2) is 41.4 Å². The molecule has 0 radical (unpaired) electrons. The molecule has 35 heavy (non-hydrogen) atoms. The molecule has 3 heterocycles. The number of nitrogens with zero attached hydrogens (tertiary/aromatic N) is 4. The predicted octanol–water partition coefficient (Wildman–Crippen LogP) is 4.91. The van der Waals surface area contributed by atoms with E-state index in [9.17, 15) is 15.0 Å². The maximum atomic E-state index is 13.2. The summed E-state index contributed by atoms with van der Waals surface area (Å²) >= 11 is 5.97. The molecule has 2 N–H and O–H groups in total. The second-order valence-corrected chi connectivity index (χ2v) is 10.0. The molecule has 8 nitrogen and oxygen atoms in total. The quantitative estimate of drug-likeness (QED) is 0.447. The highest BCUT2D eigenvalue weighted by molar-refractivity contribution is 6.30. The number of rotatable bonds is 7. The molecule has 1 saturated carbocycles. The standard InChI is InChI=1S/C26H29ClN4O4/c1-2-16-7-8-21(32)17(11-16)9-10-26(18-5-3-4-6-18)13-22(33)20(24(34)35-26)12-23-29-25-28-14-19(27)15-31(25)30-23/h7-8,11,14-15,18,32-33H,2-6,9-10,12-13H2,1H3. The van der Waals surface area contributed by atoms with Crippen LogP contribution in [-0.2, 0) is 28.8 Å². The molecule has 0 amide bonds. The van der Waals surface area contributed by atoms with Gasteiger partial charge in [0.1, 0.15) is 17.1 Å². The fraction of sp³-hybridized carbons (Fsp3) is 0.462. The zero-order chi connectivity index (χ0) is 24.6. The molecule has 9 heteroatoms. The number of aromatic nitrogens is 4. The normalized spacial score (nSPS) is 21.1. The van der Waals surface area contributed by atoms with E-state index in [0.717, 1.165) is 43.2 Å². The van der Waals surface area contributed by atoms with Gasteiger partial charge >= 0.3 is 5.97 Å². The van der Waals surface area contributed by atoms with Gasteiger partial charge in [0.05, 0.1) is 23.0 Å². The first-order valence-corrected chi connectivity index (χ1v) is 12.6. The summed E-state index contributed by atoms with van der Waals surface area (Å²) in [5.41, 5.74) is 1.37. The minimum absolute atomic E-state index is 0.0320. The summed E-state index contributed by atoms with van der Waals surface area (Å²) in [5.74, 6) is 0.641. The summed E-state index contributed by atoms with van der Waals surface area (Å²) in [6, 6.07) is 5.66. The number of carbonyl (C=O) groups excluding carboxylic acids is 1. The van der Waals surface area contributed by atoms with Crippen LogP contribution in [0.15, 0.2) is 41.9 Å². The molecule has 0 spiro atoms. The number of hydrogen-bond acceptors (Lipinski definition) is 7. The summed E-state index contributed by atoms with van der Waals surface area (Å²) in [6.45, 7) is 2.08. The van der Waals surface area contributed by atoms with Crippen LogP contribution in [0.4, 0.5) is 0 Å². The first-order chi connectivity index (χ1) is 16.9. The number of aliphatic hydroxyl groups excluding tert-OH is 1. The second kappa shape index (κ2) is 9.49. The van der Waals surface area contributed by atoms with Crippen molar-refractivity contribution >= 4 is 23.3 Å². The molecule has 184 valence electrons. The number of cyclic esters (lactones) is 1. The summed E-state index contributed by atoms with van der Waals surface area (Å²) < 4.78 is 7.63. The van der Waals surface area contributed by atoms with Crippen LogP contribution in [0.3, 0.4) is 0 Å². The molecule has 1 aliphatic heterocycles. The first kappa shape index (κ1) is 23.6. The Labute approximate surface area is 208 Å². The first-order valence-electron chi connectivity index (χ1n) is 12.2. The van der Waals surface area contributed by atoms with Gasteiger partial charge in [-0.2, -0.15) is 4.98 Å². The van der Waals surface area contributed by atoms with Gasteiger partial charge in [-0.15, -0.1) is 5.10 Å². The Kier molecular flexibility index (Phi) is 6.40. The Balaban J connectivity index is 1.41. The van der Waals surface area contributed by atoms with Gasteiger partial charge in [-0.05, 0) is 55.2 Å². The minimum Gasteiger partial charge on any atom is -0.512 e. The second-order valence-electron chi connectivity index (χ2n) is 9.58. The predicted molar refractivity (Wildman–Crippen MR) is 130 cm³/mol. The largest absolute Gasteiger partial charge is 0.512 e. The van der Waals surface area contributed by atoms with Gasteiger partial charge in [-0.25, -0.2) is 14.3 Å². The van der Waals surface area contributed by atoms with Crippen LogP contribution in [0.25, 0.3) is 5.78 Å². The monoisotopic (exact) mass is 496 g/mol. The van der Waals surface area contributed by atoms with Crippen molar-refractivity contribution < 1.29 is 19.7 Å². The summed E-state index contributed by atoms with van der Waals surface area (Å²) in [5, 5.41) is 26.2. The van der Waals surface area contributed by atoms with E-state index in [-0.39, 0.29) is 35.8 Å². The molecule has 1 aromatic carbocycles. The number of halogens is 1. The summed E-state index contributed by atoms with van der Waals surface area (Å²) in [6.07, 6.45) is 9.42. The Bertz CT molecular complexity index is 1300. The van der Waals surface area contributed by atoms with Crippen molar-refractivity contribution in [3.8, 4) is 5.75 Å². The molecule has 2 aliphatic rings. The maximum Gasteiger partial charge on any atom is 0.338 e. The fourth-order valence-electron chi connectivity index (χ4n) is 5.43. The Morgan fingerprint density at radius 2 is 2.06 bits per heavy atom. The van der Waals surface area contributed by atoms with Gasteiger partial charge in [-0.3, -0.25) is 0 Å². The number of aryl methyl sites for hydroxylation is 2. The molecule has 2 aromatic heterocycles. The number of aliphatic hydroxyl groups is 1. The number of benzene rings is 1. The lowest BCUT2D eigenvalue weighted by molar-refractivity contribution is -0.167. The number of phenolic OH excluding ortho intramolecular Hbond substituents is 1. The Hall–Kier alpha value is -3.13. The van der Waals surface area contributed by atoms with Crippen LogP contribution in [0.5, 0.6) is 5.75 Å². The van der Waals surface area contributed by atoms with E-state index in [0.29, 0.717) is 29.5 Å². The molecular weight excluding hydrogens is 468 g/mol. The number of fused-ring (bicyclic) bond motifs is 1. The number of aromatic hydroxyl groups is 1. The topological polar surface area (TPSA) is 110 Å². The van der Waals surface area contributed by atoms with E-state index in [1.807, 2.05) is 12.1 Å². The zero-order valence-electron chi connectivity index (χ0n) is 19.7. The van der Waals surface area contributed by atoms with Crippen LogP contribution < -0.4 is 0 Å². The number of ether oxygens (including phenoxy) is 1. The minimum atomic E-state index is -0.794. The van der Waals surface area contributed by atoms with Crippen molar-refractivity contribution in [2.24, 2.45) is 5.92 Å². The molecule has 1 fully saturated rings. The highest BCUT2D eigenvalue weighted by Gasteiger charge is 2.48. The van der Waals surface area contributed by atoms with E-state index >= 15 is 0 Å². The van der Waals surface area contributed by atoms with E-state index in [2.05, 4.69) is 22.0 Å². The van der Waals surface area contributed by atoms with E-state index in [1.54, 1.807) is 12.3 Å². The molecule has 3 aromatic rings. The van der Waals surface area contributed by atoms with Gasteiger partial charge in [0.2, 0.25) is 0 Å².